The first-order chi connectivity index (χ1) is 18.0. The molecule has 2 unspecified atom stereocenters. The van der Waals surface area contributed by atoms with Gasteiger partial charge in [0.25, 0.3) is 5.91 Å². The molecule has 37 heavy (non-hydrogen) atoms. The van der Waals surface area contributed by atoms with Crippen molar-refractivity contribution in [2.24, 2.45) is 0 Å². The summed E-state index contributed by atoms with van der Waals surface area (Å²) in [5.74, 6) is -0.0500. The van der Waals surface area contributed by atoms with Crippen molar-refractivity contribution in [3.63, 3.8) is 0 Å². The van der Waals surface area contributed by atoms with Crippen LogP contribution in [0, 0.1) is 20.8 Å². The Morgan fingerprint density at radius 3 is 2.62 bits per heavy atom. The van der Waals surface area contributed by atoms with E-state index >= 15 is 0 Å². The number of amides is 1. The van der Waals surface area contributed by atoms with Crippen LogP contribution in [0.4, 0.5) is 0 Å². The van der Waals surface area contributed by atoms with Gasteiger partial charge >= 0.3 is 0 Å². The number of hydrogen-bond acceptors (Lipinski definition) is 4. The van der Waals surface area contributed by atoms with E-state index in [-0.39, 0.29) is 18.1 Å². The number of nitrogens with one attached hydrogen (secondary N) is 2. The zero-order chi connectivity index (χ0) is 25.3. The summed E-state index contributed by atoms with van der Waals surface area (Å²) in [5, 5.41) is 11.0. The molecule has 0 fully saturated rings. The molecule has 6 heteroatoms. The highest BCUT2D eigenvalue weighted by Gasteiger charge is 2.43. The molecule has 0 saturated carbocycles. The third kappa shape index (κ3) is 3.63. The van der Waals surface area contributed by atoms with Gasteiger partial charge in [-0.05, 0) is 94.1 Å². The molecular weight excluding hydrogens is 460 g/mol. The summed E-state index contributed by atoms with van der Waals surface area (Å²) in [6, 6.07) is 14.9. The number of aromatic nitrogens is 2. The normalized spacial score (nSPS) is 18.6. The SMILES string of the molecule is Cc1cnn(Cc2ccc3c(c2)C2OC3c3ccc(C(=O)NCc4c(C)cc5c(c4C)CNC5)cc32)c1. The van der Waals surface area contributed by atoms with Crippen LogP contribution in [0.3, 0.4) is 0 Å². The Kier molecular flexibility index (Phi) is 5.10. The van der Waals surface area contributed by atoms with Crippen molar-refractivity contribution in [2.45, 2.75) is 59.2 Å². The lowest BCUT2D eigenvalue weighted by Crippen LogP contribution is -2.24. The number of ether oxygens (including phenoxy) is 1. The summed E-state index contributed by atoms with van der Waals surface area (Å²) in [6.07, 6.45) is 3.75. The van der Waals surface area contributed by atoms with Gasteiger partial charge in [-0.1, -0.05) is 30.3 Å². The van der Waals surface area contributed by atoms with Crippen molar-refractivity contribution < 1.29 is 9.53 Å². The third-order valence-electron chi connectivity index (χ3n) is 8.21. The maximum absolute atomic E-state index is 13.2. The highest BCUT2D eigenvalue weighted by atomic mass is 16.5. The molecule has 6 nitrogen and oxygen atoms in total. The Labute approximate surface area is 216 Å². The molecule has 3 aliphatic rings. The first-order valence-corrected chi connectivity index (χ1v) is 13.0. The Balaban J connectivity index is 1.11. The molecule has 2 N–H and O–H groups in total. The molecule has 4 aromatic rings. The van der Waals surface area contributed by atoms with Gasteiger partial charge < -0.3 is 15.4 Å². The number of aryl methyl sites for hydroxylation is 2. The number of benzene rings is 3. The molecule has 0 spiro atoms. The summed E-state index contributed by atoms with van der Waals surface area (Å²) < 4.78 is 8.36. The second kappa shape index (κ2) is 8.40. The fourth-order valence-corrected chi connectivity index (χ4v) is 6.30. The van der Waals surface area contributed by atoms with E-state index in [2.05, 4.69) is 73.0 Å². The van der Waals surface area contributed by atoms with Crippen LogP contribution in [0.1, 0.15) is 83.8 Å². The number of nitrogens with zero attached hydrogens (tertiary/aromatic N) is 2. The minimum Gasteiger partial charge on any atom is -0.356 e. The zero-order valence-corrected chi connectivity index (χ0v) is 21.4. The largest absolute Gasteiger partial charge is 0.356 e. The van der Waals surface area contributed by atoms with Gasteiger partial charge in [0.1, 0.15) is 12.2 Å². The molecule has 0 aliphatic carbocycles. The van der Waals surface area contributed by atoms with E-state index in [1.807, 2.05) is 23.0 Å². The fourth-order valence-electron chi connectivity index (χ4n) is 6.30. The van der Waals surface area contributed by atoms with Crippen LogP contribution in [-0.2, 0) is 30.9 Å². The minimum absolute atomic E-state index is 0.0500. The zero-order valence-electron chi connectivity index (χ0n) is 21.4. The van der Waals surface area contributed by atoms with Gasteiger partial charge in [-0.15, -0.1) is 0 Å². The predicted molar refractivity (Wildman–Crippen MR) is 141 cm³/mol. The summed E-state index contributed by atoms with van der Waals surface area (Å²) >= 11 is 0. The molecule has 1 amide bonds. The Morgan fingerprint density at radius 2 is 1.81 bits per heavy atom. The Hall–Kier alpha value is -3.74. The number of rotatable bonds is 5. The number of carbonyl (C=O) groups excluding carboxylic acids is 1. The molecule has 1 aromatic heterocycles. The minimum atomic E-state index is -0.129. The smallest absolute Gasteiger partial charge is 0.251 e. The van der Waals surface area contributed by atoms with Gasteiger partial charge in [-0.2, -0.15) is 5.10 Å². The molecule has 3 aliphatic heterocycles. The second-order valence-electron chi connectivity index (χ2n) is 10.6. The van der Waals surface area contributed by atoms with Crippen LogP contribution in [0.15, 0.2) is 54.9 Å². The number of carbonyl (C=O) groups is 1. The van der Waals surface area contributed by atoms with Gasteiger partial charge in [0.15, 0.2) is 0 Å². The van der Waals surface area contributed by atoms with Crippen molar-refractivity contribution >= 4 is 5.91 Å². The molecule has 7 rings (SSSR count). The molecular formula is C31H30N4O2. The van der Waals surface area contributed by atoms with Crippen LogP contribution in [0.25, 0.3) is 0 Å². The quantitative estimate of drug-likeness (QED) is 0.417. The summed E-state index contributed by atoms with van der Waals surface area (Å²) in [5.41, 5.74) is 14.2. The van der Waals surface area contributed by atoms with E-state index in [1.165, 1.54) is 50.1 Å². The Morgan fingerprint density at radius 1 is 1.03 bits per heavy atom. The average molecular weight is 491 g/mol. The lowest BCUT2D eigenvalue weighted by molar-refractivity contribution is 0.0857. The maximum atomic E-state index is 13.2. The van der Waals surface area contributed by atoms with Crippen molar-refractivity contribution in [1.29, 1.82) is 0 Å². The van der Waals surface area contributed by atoms with E-state index < -0.39 is 0 Å². The van der Waals surface area contributed by atoms with Gasteiger partial charge in [-0.25, -0.2) is 0 Å². The van der Waals surface area contributed by atoms with Crippen molar-refractivity contribution in [3.05, 3.63) is 122 Å². The molecule has 4 heterocycles. The summed E-state index contributed by atoms with van der Waals surface area (Å²) in [4.78, 5) is 13.2. The maximum Gasteiger partial charge on any atom is 0.251 e. The monoisotopic (exact) mass is 490 g/mol. The van der Waals surface area contributed by atoms with E-state index in [0.717, 1.165) is 30.8 Å². The van der Waals surface area contributed by atoms with Gasteiger partial charge in [0.2, 0.25) is 0 Å². The van der Waals surface area contributed by atoms with Gasteiger partial charge in [-0.3, -0.25) is 9.48 Å². The highest BCUT2D eigenvalue weighted by molar-refractivity contribution is 5.94. The molecule has 3 aromatic carbocycles. The number of hydrogen-bond donors (Lipinski definition) is 2. The van der Waals surface area contributed by atoms with E-state index in [1.54, 1.807) is 0 Å². The average Bonchev–Trinajstić information content (AvgIpc) is 3.67. The third-order valence-corrected chi connectivity index (χ3v) is 8.21. The predicted octanol–water partition coefficient (Wildman–Crippen LogP) is 4.91. The first kappa shape index (κ1) is 22.5. The molecule has 0 saturated heterocycles. The molecule has 0 radical (unpaired) electrons. The summed E-state index contributed by atoms with van der Waals surface area (Å²) in [6.45, 7) is 9.44. The van der Waals surface area contributed by atoms with Gasteiger partial charge in [0, 0.05) is 31.4 Å². The lowest BCUT2D eigenvalue weighted by atomic mass is 9.84. The molecule has 2 bridgehead atoms. The van der Waals surface area contributed by atoms with Gasteiger partial charge in [0.05, 0.1) is 12.7 Å². The van der Waals surface area contributed by atoms with E-state index in [4.69, 9.17) is 4.74 Å². The number of fused-ring (bicyclic) bond motifs is 9. The van der Waals surface area contributed by atoms with Crippen molar-refractivity contribution in [3.8, 4) is 0 Å². The van der Waals surface area contributed by atoms with E-state index in [9.17, 15) is 4.79 Å². The first-order valence-electron chi connectivity index (χ1n) is 13.0. The second-order valence-corrected chi connectivity index (χ2v) is 10.6. The lowest BCUT2D eigenvalue weighted by Gasteiger charge is -2.18. The van der Waals surface area contributed by atoms with Crippen LogP contribution in [0.5, 0.6) is 0 Å². The van der Waals surface area contributed by atoms with Crippen LogP contribution < -0.4 is 10.6 Å². The van der Waals surface area contributed by atoms with Crippen LogP contribution in [-0.4, -0.2) is 15.7 Å². The topological polar surface area (TPSA) is 68.2 Å². The fraction of sp³-hybridized carbons (Fsp3) is 0.290. The Bertz CT molecular complexity index is 1580. The highest BCUT2D eigenvalue weighted by Crippen LogP contribution is 2.54. The van der Waals surface area contributed by atoms with Crippen molar-refractivity contribution in [2.75, 3.05) is 0 Å². The standard InChI is InChI=1S/C31H30N4O2/c1-17-11-34-35(15-17)16-20-4-6-23-25(9-20)30-26-10-21(5-7-24(26)29(23)37-30)31(36)33-14-27-18(2)8-22-12-32-13-28(22)19(27)3/h4-11,15,29-30,32H,12-14,16H2,1-3H3,(H,33,36). The van der Waals surface area contributed by atoms with Crippen molar-refractivity contribution in [1.82, 2.24) is 20.4 Å². The summed E-state index contributed by atoms with van der Waals surface area (Å²) in [7, 11) is 0. The van der Waals surface area contributed by atoms with Crippen LogP contribution in [0.2, 0.25) is 0 Å². The van der Waals surface area contributed by atoms with E-state index in [0.29, 0.717) is 12.1 Å². The molecule has 186 valence electrons. The molecule has 2 atom stereocenters. The van der Waals surface area contributed by atoms with Crippen LogP contribution >= 0.6 is 0 Å².